The molecule has 21 heavy (non-hydrogen) atoms. The van der Waals surface area contributed by atoms with Crippen molar-refractivity contribution in [2.75, 3.05) is 20.8 Å². The molecule has 0 bridgehead atoms. The highest BCUT2D eigenvalue weighted by Crippen LogP contribution is 2.40. The molecule has 0 fully saturated rings. The van der Waals surface area contributed by atoms with Crippen molar-refractivity contribution in [3.8, 4) is 11.5 Å². The predicted molar refractivity (Wildman–Crippen MR) is 70.7 cm³/mol. The second-order valence-electron chi connectivity index (χ2n) is 4.34. The molecule has 0 saturated heterocycles. The number of hydrogen-bond donors (Lipinski definition) is 1. The molecule has 1 aromatic rings. The first-order valence-corrected chi connectivity index (χ1v) is 6.25. The van der Waals surface area contributed by atoms with E-state index in [2.05, 4.69) is 4.74 Å². The van der Waals surface area contributed by atoms with Crippen molar-refractivity contribution in [3.05, 3.63) is 23.3 Å². The minimum Gasteiger partial charge on any atom is -0.493 e. The van der Waals surface area contributed by atoms with Crippen LogP contribution in [0.5, 0.6) is 11.5 Å². The zero-order valence-electron chi connectivity index (χ0n) is 12.3. The van der Waals surface area contributed by atoms with Gasteiger partial charge in [0.05, 0.1) is 20.8 Å². The number of benzene rings is 1. The molecule has 1 atom stereocenters. The van der Waals surface area contributed by atoms with Gasteiger partial charge < -0.3 is 19.3 Å². The Kier molecular flexibility index (Phi) is 5.48. The van der Waals surface area contributed by atoms with Crippen molar-refractivity contribution in [1.29, 1.82) is 0 Å². The number of esters is 1. The molecule has 0 amide bonds. The van der Waals surface area contributed by atoms with Gasteiger partial charge in [-0.2, -0.15) is 0 Å². The van der Waals surface area contributed by atoms with Crippen molar-refractivity contribution in [2.24, 2.45) is 0 Å². The number of ether oxygens (including phenoxy) is 3. The van der Waals surface area contributed by atoms with Crippen LogP contribution in [0.25, 0.3) is 0 Å². The van der Waals surface area contributed by atoms with E-state index in [0.29, 0.717) is 6.92 Å². The van der Waals surface area contributed by atoms with E-state index in [-0.39, 0.29) is 23.7 Å². The number of carbonyl (C=O) groups excluding carboxylic acids is 1. The number of aliphatic hydroxyl groups excluding tert-OH is 1. The topological polar surface area (TPSA) is 65.0 Å². The average Bonchev–Trinajstić information content (AvgIpc) is 2.44. The SMILES string of the molecule is CCOC(=O)C(O)c1cc(OC)c(OC)cc1C(C)(F)F. The maximum absolute atomic E-state index is 13.7. The number of carbonyl (C=O) groups is 1. The lowest BCUT2D eigenvalue weighted by atomic mass is 9.97. The molecular weight excluding hydrogens is 286 g/mol. The number of alkyl halides is 2. The molecule has 0 heterocycles. The Morgan fingerprint density at radius 1 is 1.29 bits per heavy atom. The van der Waals surface area contributed by atoms with Crippen molar-refractivity contribution < 1.29 is 32.9 Å². The van der Waals surface area contributed by atoms with Gasteiger partial charge in [-0.25, -0.2) is 13.6 Å². The van der Waals surface area contributed by atoms with E-state index in [4.69, 9.17) is 9.47 Å². The maximum Gasteiger partial charge on any atom is 0.339 e. The molecule has 1 unspecified atom stereocenters. The molecule has 1 aromatic carbocycles. The smallest absolute Gasteiger partial charge is 0.339 e. The van der Waals surface area contributed by atoms with E-state index < -0.39 is 23.6 Å². The molecule has 0 aliphatic carbocycles. The highest BCUT2D eigenvalue weighted by atomic mass is 19.3. The quantitative estimate of drug-likeness (QED) is 0.818. The van der Waals surface area contributed by atoms with Gasteiger partial charge in [0.15, 0.2) is 17.6 Å². The van der Waals surface area contributed by atoms with Gasteiger partial charge in [-0.05, 0) is 19.1 Å². The number of methoxy groups -OCH3 is 2. The van der Waals surface area contributed by atoms with E-state index in [1.165, 1.54) is 14.2 Å². The van der Waals surface area contributed by atoms with Gasteiger partial charge in [0.2, 0.25) is 0 Å². The lowest BCUT2D eigenvalue weighted by molar-refractivity contribution is -0.153. The monoisotopic (exact) mass is 304 g/mol. The summed E-state index contributed by atoms with van der Waals surface area (Å²) in [5, 5.41) is 9.94. The third-order valence-corrected chi connectivity index (χ3v) is 2.83. The Morgan fingerprint density at radius 2 is 1.81 bits per heavy atom. The highest BCUT2D eigenvalue weighted by molar-refractivity contribution is 5.77. The molecular formula is C14H18F2O5. The lowest BCUT2D eigenvalue weighted by Crippen LogP contribution is -2.20. The summed E-state index contributed by atoms with van der Waals surface area (Å²) < 4.78 is 42.0. The largest absolute Gasteiger partial charge is 0.493 e. The molecule has 0 aromatic heterocycles. The fourth-order valence-corrected chi connectivity index (χ4v) is 1.85. The fraction of sp³-hybridized carbons (Fsp3) is 0.500. The Morgan fingerprint density at radius 3 is 2.24 bits per heavy atom. The van der Waals surface area contributed by atoms with Crippen molar-refractivity contribution in [1.82, 2.24) is 0 Å². The van der Waals surface area contributed by atoms with E-state index >= 15 is 0 Å². The molecule has 0 saturated carbocycles. The molecule has 0 aliphatic heterocycles. The van der Waals surface area contributed by atoms with E-state index in [9.17, 15) is 18.7 Å². The minimum absolute atomic E-state index is 0.0288. The third-order valence-electron chi connectivity index (χ3n) is 2.83. The van der Waals surface area contributed by atoms with Crippen LogP contribution in [0.4, 0.5) is 8.78 Å². The molecule has 118 valence electrons. The summed E-state index contributed by atoms with van der Waals surface area (Å²) in [5.74, 6) is -4.07. The van der Waals surface area contributed by atoms with Crippen LogP contribution < -0.4 is 9.47 Å². The van der Waals surface area contributed by atoms with Gasteiger partial charge in [-0.1, -0.05) is 0 Å². The first kappa shape index (κ1) is 17.2. The molecule has 7 heteroatoms. The van der Waals surface area contributed by atoms with Crippen molar-refractivity contribution in [3.63, 3.8) is 0 Å². The number of halogens is 2. The summed E-state index contributed by atoms with van der Waals surface area (Å²) in [6, 6.07) is 2.18. The molecule has 1 N–H and O–H groups in total. The van der Waals surface area contributed by atoms with Gasteiger partial charge in [0.1, 0.15) is 0 Å². The second kappa shape index (κ2) is 6.71. The van der Waals surface area contributed by atoms with Crippen LogP contribution in [-0.4, -0.2) is 31.9 Å². The first-order chi connectivity index (χ1) is 9.76. The van der Waals surface area contributed by atoms with Gasteiger partial charge in [-0.15, -0.1) is 0 Å². The zero-order chi connectivity index (χ0) is 16.2. The van der Waals surface area contributed by atoms with E-state index in [0.717, 1.165) is 12.1 Å². The average molecular weight is 304 g/mol. The molecule has 0 aliphatic rings. The van der Waals surface area contributed by atoms with Crippen LogP contribution in [0, 0.1) is 0 Å². The van der Waals surface area contributed by atoms with E-state index in [1.807, 2.05) is 0 Å². The number of rotatable bonds is 6. The number of aliphatic hydroxyl groups is 1. The summed E-state index contributed by atoms with van der Waals surface area (Å²) in [6.07, 6.45) is -1.83. The van der Waals surface area contributed by atoms with Gasteiger partial charge in [0, 0.05) is 18.1 Å². The number of hydrogen-bond acceptors (Lipinski definition) is 5. The van der Waals surface area contributed by atoms with Crippen molar-refractivity contribution in [2.45, 2.75) is 25.9 Å². The maximum atomic E-state index is 13.7. The summed E-state index contributed by atoms with van der Waals surface area (Å²) in [4.78, 5) is 11.6. The highest BCUT2D eigenvalue weighted by Gasteiger charge is 2.34. The summed E-state index contributed by atoms with van der Waals surface area (Å²) in [6.45, 7) is 2.24. The summed E-state index contributed by atoms with van der Waals surface area (Å²) >= 11 is 0. The van der Waals surface area contributed by atoms with Crippen LogP contribution in [0.2, 0.25) is 0 Å². The summed E-state index contributed by atoms with van der Waals surface area (Å²) in [5.41, 5.74) is -0.806. The minimum atomic E-state index is -3.28. The van der Waals surface area contributed by atoms with Crippen LogP contribution in [0.3, 0.4) is 0 Å². The van der Waals surface area contributed by atoms with Crippen LogP contribution in [-0.2, 0) is 15.5 Å². The normalized spacial score (nSPS) is 12.7. The van der Waals surface area contributed by atoms with Crippen LogP contribution in [0.15, 0.2) is 12.1 Å². The van der Waals surface area contributed by atoms with Crippen LogP contribution >= 0.6 is 0 Å². The Hall–Kier alpha value is -1.89. The molecule has 1 rings (SSSR count). The fourth-order valence-electron chi connectivity index (χ4n) is 1.85. The zero-order valence-corrected chi connectivity index (χ0v) is 12.3. The van der Waals surface area contributed by atoms with Gasteiger partial charge in [0.25, 0.3) is 5.92 Å². The third kappa shape index (κ3) is 3.81. The Bertz CT molecular complexity index is 511. The lowest BCUT2D eigenvalue weighted by Gasteiger charge is -2.21. The predicted octanol–water partition coefficient (Wildman–Crippen LogP) is 2.41. The molecule has 0 radical (unpaired) electrons. The van der Waals surface area contributed by atoms with E-state index in [1.54, 1.807) is 6.92 Å². The molecule has 5 nitrogen and oxygen atoms in total. The first-order valence-electron chi connectivity index (χ1n) is 6.25. The standard InChI is InChI=1S/C14H18F2O5/c1-5-21-13(18)12(17)8-6-10(19-3)11(20-4)7-9(8)14(2,15)16/h6-7,12,17H,5H2,1-4H3. The second-order valence-corrected chi connectivity index (χ2v) is 4.34. The Balaban J connectivity index is 3.43. The van der Waals surface area contributed by atoms with Gasteiger partial charge >= 0.3 is 5.97 Å². The summed E-state index contributed by atoms with van der Waals surface area (Å²) in [7, 11) is 2.62. The Labute approximate surface area is 121 Å². The molecule has 0 spiro atoms. The van der Waals surface area contributed by atoms with Crippen molar-refractivity contribution >= 4 is 5.97 Å². The van der Waals surface area contributed by atoms with Crippen LogP contribution in [0.1, 0.15) is 31.1 Å². The van der Waals surface area contributed by atoms with Gasteiger partial charge in [-0.3, -0.25) is 0 Å².